The largest absolute Gasteiger partial charge is 0.384 e. The Kier molecular flexibility index (Phi) is 4.54. The van der Waals surface area contributed by atoms with Crippen molar-refractivity contribution in [2.75, 3.05) is 39.5 Å². The fourth-order valence-electron chi connectivity index (χ4n) is 2.63. The lowest BCUT2D eigenvalue weighted by Crippen LogP contribution is -2.47. The zero-order valence-corrected chi connectivity index (χ0v) is 14.3. The number of hydrogen-bond donors (Lipinski definition) is 2. The summed E-state index contributed by atoms with van der Waals surface area (Å²) in [6.45, 7) is 0.855. The second kappa shape index (κ2) is 6.48. The van der Waals surface area contributed by atoms with Gasteiger partial charge >= 0.3 is 0 Å². The molecular weight excluding hydrogens is 332 g/mol. The maximum atomic E-state index is 12.3. The molecule has 9 nitrogen and oxygen atoms in total. The summed E-state index contributed by atoms with van der Waals surface area (Å²) in [6, 6.07) is 3.56. The molecule has 10 heteroatoms. The van der Waals surface area contributed by atoms with Crippen molar-refractivity contribution < 1.29 is 13.2 Å². The molecule has 3 heterocycles. The number of pyridine rings is 1. The third-order valence-electron chi connectivity index (χ3n) is 3.90. The van der Waals surface area contributed by atoms with Crippen LogP contribution in [0.25, 0.3) is 11.1 Å². The smallest absolute Gasteiger partial charge is 0.281 e. The topological polar surface area (TPSA) is 117 Å². The van der Waals surface area contributed by atoms with Crippen molar-refractivity contribution in [3.63, 3.8) is 0 Å². The molecule has 1 saturated heterocycles. The maximum Gasteiger partial charge on any atom is 0.281 e. The summed E-state index contributed by atoms with van der Waals surface area (Å²) in [4.78, 5) is 3.98. The molecule has 0 aliphatic carbocycles. The Bertz CT molecular complexity index is 819. The van der Waals surface area contributed by atoms with Crippen molar-refractivity contribution in [1.29, 1.82) is 0 Å². The van der Waals surface area contributed by atoms with Crippen LogP contribution in [0.3, 0.4) is 0 Å². The number of nitrogens with two attached hydrogens (primary N) is 1. The zero-order valence-electron chi connectivity index (χ0n) is 13.5. The highest BCUT2D eigenvalue weighted by molar-refractivity contribution is 7.86. The van der Waals surface area contributed by atoms with E-state index in [1.807, 2.05) is 6.07 Å². The van der Waals surface area contributed by atoms with Gasteiger partial charge < -0.3 is 10.5 Å². The van der Waals surface area contributed by atoms with Crippen LogP contribution in [0.5, 0.6) is 0 Å². The molecule has 1 atom stereocenters. The van der Waals surface area contributed by atoms with Crippen molar-refractivity contribution in [2.24, 2.45) is 0 Å². The number of nitrogen functional groups attached to an aromatic ring is 1. The van der Waals surface area contributed by atoms with Crippen LogP contribution >= 0.6 is 0 Å². The molecule has 1 aliphatic rings. The van der Waals surface area contributed by atoms with Crippen LogP contribution in [-0.4, -0.2) is 66.0 Å². The third kappa shape index (κ3) is 3.13. The molecule has 3 N–H and O–H groups in total. The highest BCUT2D eigenvalue weighted by Crippen LogP contribution is 2.31. The Labute approximate surface area is 140 Å². The first-order valence-corrected chi connectivity index (χ1v) is 8.83. The Hall–Kier alpha value is -2.01. The lowest BCUT2D eigenvalue weighted by molar-refractivity contribution is -0.00594. The van der Waals surface area contributed by atoms with E-state index in [-0.39, 0.29) is 6.54 Å². The van der Waals surface area contributed by atoms with Crippen molar-refractivity contribution in [3.05, 3.63) is 30.2 Å². The highest BCUT2D eigenvalue weighted by Gasteiger charge is 2.33. The van der Waals surface area contributed by atoms with E-state index in [0.29, 0.717) is 19.0 Å². The molecule has 1 fully saturated rings. The molecule has 1 aliphatic heterocycles. The summed E-state index contributed by atoms with van der Waals surface area (Å²) in [6.07, 6.45) is 2.86. The first-order valence-electron chi connectivity index (χ1n) is 7.44. The monoisotopic (exact) mass is 352 g/mol. The molecule has 2 aromatic heterocycles. The Morgan fingerprint density at radius 3 is 2.96 bits per heavy atom. The van der Waals surface area contributed by atoms with E-state index in [1.54, 1.807) is 18.5 Å². The lowest BCUT2D eigenvalue weighted by Gasteiger charge is -2.33. The summed E-state index contributed by atoms with van der Waals surface area (Å²) in [7, 11) is -0.456. The number of aromatic amines is 1. The molecule has 24 heavy (non-hydrogen) atoms. The minimum absolute atomic E-state index is 0.219. The third-order valence-corrected chi connectivity index (χ3v) is 5.81. The van der Waals surface area contributed by atoms with E-state index < -0.39 is 16.3 Å². The van der Waals surface area contributed by atoms with Gasteiger partial charge in [-0.15, -0.1) is 0 Å². The normalized spacial score (nSPS) is 19.7. The second-order valence-corrected chi connectivity index (χ2v) is 7.82. The van der Waals surface area contributed by atoms with Gasteiger partial charge in [-0.3, -0.25) is 5.10 Å². The van der Waals surface area contributed by atoms with E-state index in [0.717, 1.165) is 16.8 Å². The zero-order chi connectivity index (χ0) is 17.3. The van der Waals surface area contributed by atoms with Gasteiger partial charge in [0.15, 0.2) is 0 Å². The number of anilines is 1. The van der Waals surface area contributed by atoms with Crippen molar-refractivity contribution >= 4 is 16.0 Å². The molecule has 0 unspecified atom stereocenters. The quantitative estimate of drug-likeness (QED) is 0.813. The molecule has 0 radical (unpaired) electrons. The van der Waals surface area contributed by atoms with Gasteiger partial charge in [0.25, 0.3) is 10.2 Å². The van der Waals surface area contributed by atoms with Crippen molar-refractivity contribution in [1.82, 2.24) is 23.8 Å². The van der Waals surface area contributed by atoms with Gasteiger partial charge in [-0.1, -0.05) is 0 Å². The number of morpholine rings is 1. The van der Waals surface area contributed by atoms with Crippen LogP contribution in [0, 0.1) is 0 Å². The number of ether oxygens (including phenoxy) is 1. The van der Waals surface area contributed by atoms with Crippen LogP contribution in [-0.2, 0) is 14.9 Å². The summed E-state index contributed by atoms with van der Waals surface area (Å²) in [5, 5.41) is 7.00. The van der Waals surface area contributed by atoms with Crippen LogP contribution < -0.4 is 5.73 Å². The predicted molar refractivity (Wildman–Crippen MR) is 89.1 cm³/mol. The molecule has 2 aromatic rings. The number of aromatic nitrogens is 3. The van der Waals surface area contributed by atoms with Gasteiger partial charge in [-0.25, -0.2) is 4.98 Å². The van der Waals surface area contributed by atoms with Gasteiger partial charge in [0.05, 0.1) is 18.5 Å². The standard InChI is InChI=1S/C14H20N6O3S/c1-19(2)24(21,22)20-5-6-23-12(9-20)14-11(8-17-18-14)10-3-4-16-13(15)7-10/h3-4,7-8,12H,5-6,9H2,1-2H3,(H2,15,16)(H,17,18)/t12-/m1/s1. The van der Waals surface area contributed by atoms with Crippen LogP contribution in [0.1, 0.15) is 11.8 Å². The maximum absolute atomic E-state index is 12.3. The van der Waals surface area contributed by atoms with Gasteiger partial charge in [0.1, 0.15) is 11.9 Å². The van der Waals surface area contributed by atoms with Crippen molar-refractivity contribution in [2.45, 2.75) is 6.10 Å². The van der Waals surface area contributed by atoms with Gasteiger partial charge in [-0.2, -0.15) is 22.1 Å². The number of hydrogen-bond acceptors (Lipinski definition) is 6. The molecular formula is C14H20N6O3S. The van der Waals surface area contributed by atoms with Crippen LogP contribution in [0.15, 0.2) is 24.5 Å². The Balaban J connectivity index is 1.89. The molecule has 0 bridgehead atoms. The molecule has 130 valence electrons. The van der Waals surface area contributed by atoms with Gasteiger partial charge in [-0.05, 0) is 17.7 Å². The van der Waals surface area contributed by atoms with Gasteiger partial charge in [0.2, 0.25) is 0 Å². The summed E-state index contributed by atoms with van der Waals surface area (Å²) < 4.78 is 33.1. The average molecular weight is 352 g/mol. The fraction of sp³-hybridized carbons (Fsp3) is 0.429. The number of H-pyrrole nitrogens is 1. The summed E-state index contributed by atoms with van der Waals surface area (Å²) >= 11 is 0. The summed E-state index contributed by atoms with van der Waals surface area (Å²) in [5.41, 5.74) is 8.13. The Morgan fingerprint density at radius 2 is 2.25 bits per heavy atom. The van der Waals surface area contributed by atoms with E-state index in [1.165, 1.54) is 22.7 Å². The number of nitrogens with zero attached hydrogens (tertiary/aromatic N) is 4. The summed E-state index contributed by atoms with van der Waals surface area (Å²) in [5.74, 6) is 0.404. The van der Waals surface area contributed by atoms with E-state index >= 15 is 0 Å². The first kappa shape index (κ1) is 16.8. The second-order valence-electron chi connectivity index (χ2n) is 5.67. The van der Waals surface area contributed by atoms with Gasteiger partial charge in [0, 0.05) is 38.9 Å². The van der Waals surface area contributed by atoms with Crippen LogP contribution in [0.2, 0.25) is 0 Å². The number of nitrogens with one attached hydrogen (secondary N) is 1. The number of rotatable bonds is 4. The predicted octanol–water partition coefficient (Wildman–Crippen LogP) is 0.234. The molecule has 0 spiro atoms. The highest BCUT2D eigenvalue weighted by atomic mass is 32.2. The molecule has 0 amide bonds. The molecule has 0 saturated carbocycles. The van der Waals surface area contributed by atoms with E-state index in [2.05, 4.69) is 15.2 Å². The van der Waals surface area contributed by atoms with Crippen LogP contribution in [0.4, 0.5) is 5.82 Å². The first-order chi connectivity index (χ1) is 11.4. The Morgan fingerprint density at radius 1 is 1.46 bits per heavy atom. The SMILES string of the molecule is CN(C)S(=O)(=O)N1CCO[C@@H](c2[nH]ncc2-c2ccnc(N)c2)C1. The van der Waals surface area contributed by atoms with E-state index in [4.69, 9.17) is 10.5 Å². The lowest BCUT2D eigenvalue weighted by atomic mass is 10.0. The van der Waals surface area contributed by atoms with E-state index in [9.17, 15) is 8.42 Å². The minimum Gasteiger partial charge on any atom is -0.384 e. The minimum atomic E-state index is -3.49. The fourth-order valence-corrected chi connectivity index (χ4v) is 3.72. The van der Waals surface area contributed by atoms with Crippen molar-refractivity contribution in [3.8, 4) is 11.1 Å². The molecule has 3 rings (SSSR count). The molecule has 0 aromatic carbocycles. The average Bonchev–Trinajstić information content (AvgIpc) is 3.04.